The molecule has 0 unspecified atom stereocenters. The third-order valence-electron chi connectivity index (χ3n) is 4.13. The van der Waals surface area contributed by atoms with Crippen LogP contribution in [-0.2, 0) is 18.8 Å². The first kappa shape index (κ1) is 18.7. The molecule has 1 N–H and O–H groups in total. The van der Waals surface area contributed by atoms with Crippen LogP contribution < -0.4 is 5.32 Å². The zero-order valence-electron chi connectivity index (χ0n) is 13.2. The molecule has 3 atom stereocenters. The molecule has 0 saturated carbocycles. The van der Waals surface area contributed by atoms with Gasteiger partial charge in [0.05, 0.1) is 6.10 Å². The number of esters is 1. The largest absolute Gasteiger partial charge is 0.439 e. The van der Waals surface area contributed by atoms with E-state index in [0.717, 1.165) is 0 Å². The van der Waals surface area contributed by atoms with Gasteiger partial charge in [0.2, 0.25) is 10.7 Å². The minimum Gasteiger partial charge on any atom is -0.439 e. The second-order valence-corrected chi connectivity index (χ2v) is 12.6. The number of β-lactam (4-membered cyclic amide) rings is 1. The van der Waals surface area contributed by atoms with Crippen LogP contribution in [-0.4, -0.2) is 37.4 Å². The molecule has 21 heavy (non-hydrogen) atoms. The molecule has 0 aliphatic carbocycles. The molecule has 0 spiro atoms. The molecular weight excluding hydrogens is 333 g/mol. The molecule has 122 valence electrons. The number of carbonyl (C=O) groups is 2. The third kappa shape index (κ3) is 4.34. The molecule has 1 rings (SSSR count). The zero-order valence-corrected chi connectivity index (χ0v) is 15.7. The van der Waals surface area contributed by atoms with Crippen molar-refractivity contribution in [1.82, 2.24) is 5.32 Å². The highest BCUT2D eigenvalue weighted by Gasteiger charge is 2.49. The maximum absolute atomic E-state index is 11.7. The number of halogens is 2. The Labute approximate surface area is 136 Å². The smallest absolute Gasteiger partial charge is 0.341 e. The van der Waals surface area contributed by atoms with E-state index in [-0.39, 0.29) is 17.0 Å². The van der Waals surface area contributed by atoms with E-state index >= 15 is 0 Å². The van der Waals surface area contributed by atoms with Crippen molar-refractivity contribution >= 4 is 43.4 Å². The van der Waals surface area contributed by atoms with Crippen LogP contribution in [0.2, 0.25) is 18.1 Å². The van der Waals surface area contributed by atoms with Gasteiger partial charge in [0.15, 0.2) is 14.5 Å². The lowest BCUT2D eigenvalue weighted by atomic mass is 9.93. The van der Waals surface area contributed by atoms with Crippen molar-refractivity contribution in [2.45, 2.75) is 63.0 Å². The van der Waals surface area contributed by atoms with E-state index in [9.17, 15) is 9.59 Å². The summed E-state index contributed by atoms with van der Waals surface area (Å²) in [5, 5.41) is 2.55. The molecule has 1 aliphatic rings. The van der Waals surface area contributed by atoms with E-state index < -0.39 is 31.3 Å². The average Bonchev–Trinajstić information content (AvgIpc) is 2.24. The van der Waals surface area contributed by atoms with Gasteiger partial charge in [0.25, 0.3) is 0 Å². The second-order valence-electron chi connectivity index (χ2n) is 6.78. The number of carbonyl (C=O) groups excluding carboxylic acids is 2. The van der Waals surface area contributed by atoms with E-state index in [1.54, 1.807) is 0 Å². The van der Waals surface area contributed by atoms with Gasteiger partial charge < -0.3 is 14.5 Å². The Kier molecular flexibility index (Phi) is 5.75. The molecule has 1 heterocycles. The summed E-state index contributed by atoms with van der Waals surface area (Å²) in [6.07, 6.45) is -1.08. The van der Waals surface area contributed by atoms with Crippen LogP contribution in [0.3, 0.4) is 0 Å². The Morgan fingerprint density at radius 3 is 2.24 bits per heavy atom. The minimum absolute atomic E-state index is 0.0328. The maximum atomic E-state index is 11.7. The van der Waals surface area contributed by atoms with Crippen LogP contribution in [0, 0.1) is 5.92 Å². The number of nitrogens with one attached hydrogen (secondary N) is 1. The summed E-state index contributed by atoms with van der Waals surface area (Å²) in [7, 11) is -2.01. The van der Waals surface area contributed by atoms with Gasteiger partial charge in [0.1, 0.15) is 5.92 Å². The van der Waals surface area contributed by atoms with E-state index in [1.165, 1.54) is 0 Å². The SMILES string of the molecule is C[C@@H](O[Si](C)(C)C(C)(C)C)[C@H]1C(=O)N[C@@H]1OC(=O)C(Cl)Cl. The summed E-state index contributed by atoms with van der Waals surface area (Å²) < 4.78 is 11.2. The van der Waals surface area contributed by atoms with Gasteiger partial charge in [-0.05, 0) is 25.1 Å². The molecule has 1 aliphatic heterocycles. The highest BCUT2D eigenvalue weighted by atomic mass is 35.5. The van der Waals surface area contributed by atoms with Gasteiger partial charge in [-0.2, -0.15) is 0 Å². The highest BCUT2D eigenvalue weighted by molar-refractivity contribution is 6.74. The number of alkyl halides is 2. The van der Waals surface area contributed by atoms with Crippen LogP contribution in [0.15, 0.2) is 0 Å². The number of amides is 1. The molecule has 1 amide bonds. The Morgan fingerprint density at radius 1 is 1.33 bits per heavy atom. The number of hydrogen-bond donors (Lipinski definition) is 1. The number of ether oxygens (including phenoxy) is 1. The van der Waals surface area contributed by atoms with Crippen LogP contribution in [0.4, 0.5) is 0 Å². The van der Waals surface area contributed by atoms with Gasteiger partial charge in [-0.3, -0.25) is 4.79 Å². The molecule has 1 saturated heterocycles. The molecule has 8 heteroatoms. The molecular formula is C13H23Cl2NO4Si. The van der Waals surface area contributed by atoms with Crippen molar-refractivity contribution < 1.29 is 18.8 Å². The molecule has 0 radical (unpaired) electrons. The third-order valence-corrected chi connectivity index (χ3v) is 9.06. The summed E-state index contributed by atoms with van der Waals surface area (Å²) in [5.41, 5.74) is 0. The van der Waals surface area contributed by atoms with Crippen LogP contribution in [0.25, 0.3) is 0 Å². The quantitative estimate of drug-likeness (QED) is 0.356. The first-order chi connectivity index (χ1) is 9.36. The average molecular weight is 356 g/mol. The fourth-order valence-electron chi connectivity index (χ4n) is 1.82. The van der Waals surface area contributed by atoms with Crippen molar-refractivity contribution in [1.29, 1.82) is 0 Å². The lowest BCUT2D eigenvalue weighted by Gasteiger charge is -2.44. The fourth-order valence-corrected chi connectivity index (χ4v) is 3.35. The van der Waals surface area contributed by atoms with Crippen molar-refractivity contribution in [3.8, 4) is 0 Å². The normalized spacial score (nSPS) is 24.3. The van der Waals surface area contributed by atoms with Crippen LogP contribution >= 0.6 is 23.2 Å². The van der Waals surface area contributed by atoms with Crippen molar-refractivity contribution in [2.24, 2.45) is 5.92 Å². The molecule has 0 aromatic rings. The van der Waals surface area contributed by atoms with Gasteiger partial charge in [-0.25, -0.2) is 4.79 Å². The summed E-state index contributed by atoms with van der Waals surface area (Å²) in [6, 6.07) is 0. The van der Waals surface area contributed by atoms with Crippen molar-refractivity contribution in [2.75, 3.05) is 0 Å². The second kappa shape index (κ2) is 6.44. The molecule has 0 bridgehead atoms. The molecule has 5 nitrogen and oxygen atoms in total. The van der Waals surface area contributed by atoms with E-state index in [0.29, 0.717) is 0 Å². The predicted octanol–water partition coefficient (Wildman–Crippen LogP) is 2.82. The fraction of sp³-hybridized carbons (Fsp3) is 0.846. The first-order valence-electron chi connectivity index (χ1n) is 6.83. The summed E-state index contributed by atoms with van der Waals surface area (Å²) in [5.74, 6) is -1.50. The van der Waals surface area contributed by atoms with Crippen LogP contribution in [0.1, 0.15) is 27.7 Å². The first-order valence-corrected chi connectivity index (χ1v) is 10.6. The number of hydrogen-bond acceptors (Lipinski definition) is 4. The zero-order chi connectivity index (χ0) is 16.6. The summed E-state index contributed by atoms with van der Waals surface area (Å²) >= 11 is 10.9. The van der Waals surface area contributed by atoms with Crippen molar-refractivity contribution in [3.05, 3.63) is 0 Å². The highest BCUT2D eigenvalue weighted by Crippen LogP contribution is 2.39. The Balaban J connectivity index is 2.70. The topological polar surface area (TPSA) is 64.6 Å². The van der Waals surface area contributed by atoms with Crippen LogP contribution in [0.5, 0.6) is 0 Å². The van der Waals surface area contributed by atoms with E-state index in [4.69, 9.17) is 32.4 Å². The van der Waals surface area contributed by atoms with Gasteiger partial charge in [0, 0.05) is 0 Å². The summed E-state index contributed by atoms with van der Waals surface area (Å²) in [4.78, 5) is 21.9. The molecule has 1 fully saturated rings. The van der Waals surface area contributed by atoms with Gasteiger partial charge in [-0.15, -0.1) is 0 Å². The van der Waals surface area contributed by atoms with E-state index in [2.05, 4.69) is 39.2 Å². The lowest BCUT2D eigenvalue weighted by Crippen LogP contribution is -2.65. The number of rotatable bonds is 5. The maximum Gasteiger partial charge on any atom is 0.341 e. The standard InChI is InChI=1S/C13H23Cl2NO4Si/c1-7(20-21(5,6)13(2,3)4)8-10(17)16-11(8)19-12(18)9(14)15/h7-9,11H,1-6H3,(H,16,17)/t7-,8+,11-/m1/s1. The molecule has 0 aromatic heterocycles. The van der Waals surface area contributed by atoms with Gasteiger partial charge in [-0.1, -0.05) is 44.0 Å². The van der Waals surface area contributed by atoms with Gasteiger partial charge >= 0.3 is 5.97 Å². The molecule has 0 aromatic carbocycles. The lowest BCUT2D eigenvalue weighted by molar-refractivity contribution is -0.173. The minimum atomic E-state index is -2.01. The van der Waals surface area contributed by atoms with E-state index in [1.807, 2.05) is 6.92 Å². The summed E-state index contributed by atoms with van der Waals surface area (Å²) in [6.45, 7) is 12.4. The Bertz CT molecular complexity index is 423. The Hall–Kier alpha value is -0.303. The monoisotopic (exact) mass is 355 g/mol. The van der Waals surface area contributed by atoms with Crippen molar-refractivity contribution in [3.63, 3.8) is 0 Å². The predicted molar refractivity (Wildman–Crippen MR) is 84.8 cm³/mol. The Morgan fingerprint density at radius 2 is 1.86 bits per heavy atom.